The van der Waals surface area contributed by atoms with Crippen LogP contribution in [0.4, 0.5) is 0 Å². The van der Waals surface area contributed by atoms with Crippen LogP contribution in [0.5, 0.6) is 0 Å². The van der Waals surface area contributed by atoms with E-state index in [4.69, 9.17) is 9.36 Å². The van der Waals surface area contributed by atoms with E-state index in [1.807, 2.05) is 13.8 Å². The Morgan fingerprint density at radius 2 is 1.77 bits per heavy atom. The first-order valence-electron chi connectivity index (χ1n) is 10.7. The van der Waals surface area contributed by atoms with Crippen molar-refractivity contribution in [3.8, 4) is 0 Å². The Bertz CT molecular complexity index is 626. The second kappa shape index (κ2) is 15.3. The van der Waals surface area contributed by atoms with Gasteiger partial charge in [-0.3, -0.25) is 18.6 Å². The first-order chi connectivity index (χ1) is 14.4. The quantitative estimate of drug-likeness (QED) is 0.171. The molecule has 2 atom stereocenters. The van der Waals surface area contributed by atoms with Crippen molar-refractivity contribution >= 4 is 25.3 Å². The minimum Gasteiger partial charge on any atom is -0.393 e. The molecule has 182 valence electrons. The molecule has 0 aromatic rings. The van der Waals surface area contributed by atoms with Crippen LogP contribution < -0.4 is 10.6 Å². The van der Waals surface area contributed by atoms with Crippen LogP contribution in [0.2, 0.25) is 0 Å². The van der Waals surface area contributed by atoms with Crippen molar-refractivity contribution in [3.63, 3.8) is 0 Å². The number of phosphoric ester groups is 1. The molecule has 0 fully saturated rings. The van der Waals surface area contributed by atoms with E-state index in [9.17, 15) is 19.0 Å². The van der Waals surface area contributed by atoms with Gasteiger partial charge in [0.1, 0.15) is 6.10 Å². The lowest BCUT2D eigenvalue weighted by Gasteiger charge is -2.24. The molecule has 0 rings (SSSR count). The molecule has 11 heteroatoms. The first kappa shape index (κ1) is 29.5. The number of carbonyl (C=O) groups excluding carboxylic acids is 2. The van der Waals surface area contributed by atoms with Crippen molar-refractivity contribution in [1.82, 2.24) is 10.6 Å². The van der Waals surface area contributed by atoms with Crippen LogP contribution in [0, 0.1) is 5.41 Å². The summed E-state index contributed by atoms with van der Waals surface area (Å²) in [6.45, 7) is 9.95. The van der Waals surface area contributed by atoms with Crippen molar-refractivity contribution in [1.29, 1.82) is 0 Å². The van der Waals surface area contributed by atoms with Gasteiger partial charge < -0.3 is 20.4 Å². The molecule has 0 bridgehead atoms. The van der Waals surface area contributed by atoms with Crippen molar-refractivity contribution in [2.24, 2.45) is 10.6 Å². The Morgan fingerprint density at radius 1 is 1.16 bits per heavy atom. The lowest BCUT2D eigenvalue weighted by Crippen LogP contribution is -2.34. The third-order valence-electron chi connectivity index (χ3n) is 4.32. The summed E-state index contributed by atoms with van der Waals surface area (Å²) in [6.07, 6.45) is 4.09. The second-order valence-corrected chi connectivity index (χ2v) is 9.91. The third-order valence-corrected chi connectivity index (χ3v) is 5.24. The van der Waals surface area contributed by atoms with Gasteiger partial charge in [0.2, 0.25) is 11.8 Å². The number of rotatable bonds is 17. The predicted octanol–water partition coefficient (Wildman–Crippen LogP) is 3.15. The molecule has 0 spiro atoms. The predicted molar refractivity (Wildman–Crippen MR) is 120 cm³/mol. The number of amides is 2. The SMILES string of the molecule is CCCCC(C)O/N=C(\C)CCNC(=O)CCNC(=O)CC(C)(C)COP(=O)(O)OC. The van der Waals surface area contributed by atoms with E-state index in [2.05, 4.69) is 27.2 Å². The van der Waals surface area contributed by atoms with Gasteiger partial charge >= 0.3 is 7.82 Å². The van der Waals surface area contributed by atoms with E-state index >= 15 is 0 Å². The Kier molecular flexibility index (Phi) is 14.6. The van der Waals surface area contributed by atoms with E-state index in [1.165, 1.54) is 0 Å². The fraction of sp³-hybridized carbons (Fsp3) is 0.850. The molecule has 2 amide bonds. The molecular weight excluding hydrogens is 425 g/mol. The standard InChI is InChI=1S/C20H40N3O7P/c1-7-8-9-17(3)30-23-16(2)10-12-21-18(24)11-13-22-19(25)14-20(4,5)15-29-31(26,27)28-6/h17H,7-15H2,1-6H3,(H,21,24)(H,22,25)(H,26,27)/b23-16+. The van der Waals surface area contributed by atoms with Crippen molar-refractivity contribution in [2.75, 3.05) is 26.8 Å². The number of hydrogen-bond acceptors (Lipinski definition) is 7. The van der Waals surface area contributed by atoms with Crippen LogP contribution in [-0.4, -0.2) is 55.3 Å². The first-order valence-corrected chi connectivity index (χ1v) is 12.2. The molecule has 0 heterocycles. The molecule has 0 radical (unpaired) electrons. The smallest absolute Gasteiger partial charge is 0.393 e. The average Bonchev–Trinajstić information content (AvgIpc) is 2.69. The number of phosphoric acid groups is 1. The van der Waals surface area contributed by atoms with Crippen LogP contribution in [0.15, 0.2) is 5.16 Å². The van der Waals surface area contributed by atoms with Gasteiger partial charge in [0.15, 0.2) is 0 Å². The van der Waals surface area contributed by atoms with E-state index in [-0.39, 0.29) is 43.9 Å². The van der Waals surface area contributed by atoms with Crippen molar-refractivity contribution in [3.05, 3.63) is 0 Å². The number of nitrogens with one attached hydrogen (secondary N) is 2. The van der Waals surface area contributed by atoms with Gasteiger partial charge in [-0.15, -0.1) is 0 Å². The highest BCUT2D eigenvalue weighted by molar-refractivity contribution is 7.47. The molecule has 0 saturated carbocycles. The average molecular weight is 466 g/mol. The molecule has 2 unspecified atom stereocenters. The molecule has 0 aliphatic rings. The zero-order chi connectivity index (χ0) is 23.9. The summed E-state index contributed by atoms with van der Waals surface area (Å²) < 4.78 is 20.5. The number of carbonyl (C=O) groups is 2. The number of hydrogen-bond donors (Lipinski definition) is 3. The van der Waals surface area contributed by atoms with Crippen molar-refractivity contribution in [2.45, 2.75) is 79.2 Å². The highest BCUT2D eigenvalue weighted by atomic mass is 31.2. The molecule has 3 N–H and O–H groups in total. The summed E-state index contributed by atoms with van der Waals surface area (Å²) in [5.74, 6) is -0.446. The van der Waals surface area contributed by atoms with E-state index in [1.54, 1.807) is 13.8 Å². The Morgan fingerprint density at radius 3 is 2.39 bits per heavy atom. The van der Waals surface area contributed by atoms with Gasteiger partial charge in [0, 0.05) is 39.5 Å². The molecular formula is C20H40N3O7P. The minimum atomic E-state index is -4.08. The summed E-state index contributed by atoms with van der Waals surface area (Å²) in [4.78, 5) is 38.6. The van der Waals surface area contributed by atoms with E-state index in [0.29, 0.717) is 13.0 Å². The van der Waals surface area contributed by atoms with Gasteiger partial charge in [0.25, 0.3) is 0 Å². The van der Waals surface area contributed by atoms with Crippen LogP contribution in [0.3, 0.4) is 0 Å². The Balaban J connectivity index is 4.02. The molecule has 0 aromatic carbocycles. The van der Waals surface area contributed by atoms with Gasteiger partial charge in [0.05, 0.1) is 12.3 Å². The summed E-state index contributed by atoms with van der Waals surface area (Å²) in [6, 6.07) is 0. The maximum atomic E-state index is 12.0. The van der Waals surface area contributed by atoms with Gasteiger partial charge in [-0.05, 0) is 32.1 Å². The Labute approximate surface area is 186 Å². The molecule has 0 saturated heterocycles. The fourth-order valence-electron chi connectivity index (χ4n) is 2.41. The third kappa shape index (κ3) is 16.8. The summed E-state index contributed by atoms with van der Waals surface area (Å²) in [5, 5.41) is 9.54. The number of nitrogens with zero attached hydrogens (tertiary/aromatic N) is 1. The second-order valence-electron chi connectivity index (χ2n) is 8.35. The fourth-order valence-corrected chi connectivity index (χ4v) is 3.03. The van der Waals surface area contributed by atoms with Crippen LogP contribution in [0.1, 0.15) is 73.1 Å². The Hall–Kier alpha value is -1.48. The summed E-state index contributed by atoms with van der Waals surface area (Å²) >= 11 is 0. The summed E-state index contributed by atoms with van der Waals surface area (Å²) in [5.41, 5.74) is 0.137. The monoisotopic (exact) mass is 465 g/mol. The van der Waals surface area contributed by atoms with Gasteiger partial charge in [-0.25, -0.2) is 4.57 Å². The van der Waals surface area contributed by atoms with Crippen LogP contribution in [0.25, 0.3) is 0 Å². The molecule has 0 aliphatic carbocycles. The lowest BCUT2D eigenvalue weighted by atomic mass is 9.90. The number of oxime groups is 1. The minimum absolute atomic E-state index is 0.0741. The zero-order valence-corrected chi connectivity index (χ0v) is 20.6. The molecule has 0 aromatic heterocycles. The molecule has 0 aliphatic heterocycles. The molecule has 10 nitrogen and oxygen atoms in total. The highest BCUT2D eigenvalue weighted by Gasteiger charge is 2.28. The maximum Gasteiger partial charge on any atom is 0.471 e. The van der Waals surface area contributed by atoms with E-state index in [0.717, 1.165) is 32.1 Å². The highest BCUT2D eigenvalue weighted by Crippen LogP contribution is 2.43. The number of unbranched alkanes of at least 4 members (excludes halogenated alkanes) is 1. The topological polar surface area (TPSA) is 136 Å². The van der Waals surface area contributed by atoms with E-state index < -0.39 is 13.2 Å². The zero-order valence-electron chi connectivity index (χ0n) is 19.7. The van der Waals surface area contributed by atoms with Crippen LogP contribution in [-0.2, 0) is 28.0 Å². The lowest BCUT2D eigenvalue weighted by molar-refractivity contribution is -0.124. The van der Waals surface area contributed by atoms with Gasteiger partial charge in [-0.2, -0.15) is 0 Å². The normalized spacial score (nSPS) is 15.1. The van der Waals surface area contributed by atoms with Gasteiger partial charge in [-0.1, -0.05) is 32.3 Å². The largest absolute Gasteiger partial charge is 0.471 e. The maximum absolute atomic E-state index is 12.0. The van der Waals surface area contributed by atoms with Crippen molar-refractivity contribution < 1.29 is 32.9 Å². The summed E-state index contributed by atoms with van der Waals surface area (Å²) in [7, 11) is -3.01. The molecule has 31 heavy (non-hydrogen) atoms. The van der Waals surface area contributed by atoms with Crippen LogP contribution >= 0.6 is 7.82 Å².